The number of hydrogen-bond acceptors (Lipinski definition) is 6. The van der Waals surface area contributed by atoms with E-state index in [-0.39, 0.29) is 18.1 Å². The number of thioether (sulfide) groups is 1. The van der Waals surface area contributed by atoms with Gasteiger partial charge in [0.2, 0.25) is 5.78 Å². The molecule has 0 N–H and O–H groups in total. The van der Waals surface area contributed by atoms with Crippen LogP contribution in [0.2, 0.25) is 5.02 Å². The van der Waals surface area contributed by atoms with Crippen LogP contribution in [0.25, 0.3) is 0 Å². The van der Waals surface area contributed by atoms with E-state index >= 15 is 0 Å². The highest BCUT2D eigenvalue weighted by Crippen LogP contribution is 2.27. The third-order valence-corrected chi connectivity index (χ3v) is 4.74. The molecule has 0 aromatic heterocycles. The summed E-state index contributed by atoms with van der Waals surface area (Å²) in [5, 5.41) is 0.569. The molecule has 0 aliphatic carbocycles. The van der Waals surface area contributed by atoms with Gasteiger partial charge >= 0.3 is 5.97 Å². The Balaban J connectivity index is 1.89. The number of benzene rings is 2. The largest absolute Gasteiger partial charge is 0.497 e. The number of rotatable bonds is 8. The molecule has 0 saturated heterocycles. The number of methoxy groups -OCH3 is 2. The molecule has 0 amide bonds. The summed E-state index contributed by atoms with van der Waals surface area (Å²) in [4.78, 5) is 24.8. The van der Waals surface area contributed by atoms with E-state index in [1.165, 1.54) is 26.0 Å². The standard InChI is InChI=1S/C18H17ClO5S/c1-22-12-7-8-13(16(9-12)23-2)15(20)10-24-18(21)11-25-17-6-4-3-5-14(17)19/h3-9H,10-11H2,1-2H3. The van der Waals surface area contributed by atoms with Gasteiger partial charge < -0.3 is 14.2 Å². The van der Waals surface area contributed by atoms with Gasteiger partial charge in [-0.05, 0) is 24.3 Å². The fraction of sp³-hybridized carbons (Fsp3) is 0.222. The normalized spacial score (nSPS) is 10.2. The zero-order valence-electron chi connectivity index (χ0n) is 13.8. The average Bonchev–Trinajstić information content (AvgIpc) is 2.64. The molecule has 0 bridgehead atoms. The smallest absolute Gasteiger partial charge is 0.316 e. The van der Waals surface area contributed by atoms with Crippen molar-refractivity contribution in [3.63, 3.8) is 0 Å². The van der Waals surface area contributed by atoms with E-state index in [1.54, 1.807) is 24.3 Å². The molecule has 2 aromatic carbocycles. The van der Waals surface area contributed by atoms with Crippen LogP contribution in [0.4, 0.5) is 0 Å². The van der Waals surface area contributed by atoms with E-state index < -0.39 is 5.97 Å². The van der Waals surface area contributed by atoms with Crippen molar-refractivity contribution < 1.29 is 23.8 Å². The van der Waals surface area contributed by atoms with Gasteiger partial charge in [-0.15, -0.1) is 11.8 Å². The van der Waals surface area contributed by atoms with E-state index in [9.17, 15) is 9.59 Å². The van der Waals surface area contributed by atoms with Gasteiger partial charge in [0.15, 0.2) is 6.61 Å². The van der Waals surface area contributed by atoms with E-state index in [0.29, 0.717) is 22.1 Å². The summed E-state index contributed by atoms with van der Waals surface area (Å²) < 4.78 is 15.3. The zero-order chi connectivity index (χ0) is 18.2. The lowest BCUT2D eigenvalue weighted by molar-refractivity contribution is -0.139. The molecule has 0 spiro atoms. The third kappa shape index (κ3) is 5.41. The number of ether oxygens (including phenoxy) is 3. The molecule has 132 valence electrons. The molecule has 5 nitrogen and oxygen atoms in total. The molecule has 0 saturated carbocycles. The molecule has 0 radical (unpaired) electrons. The Bertz CT molecular complexity index is 763. The summed E-state index contributed by atoms with van der Waals surface area (Å²) in [7, 11) is 2.98. The van der Waals surface area contributed by atoms with Crippen molar-refractivity contribution in [3.05, 3.63) is 53.1 Å². The maximum absolute atomic E-state index is 12.2. The van der Waals surface area contributed by atoms with Gasteiger partial charge in [-0.3, -0.25) is 9.59 Å². The highest BCUT2D eigenvalue weighted by atomic mass is 35.5. The van der Waals surface area contributed by atoms with Crippen LogP contribution in [0.3, 0.4) is 0 Å². The first-order valence-corrected chi connectivity index (χ1v) is 8.69. The second kappa shape index (κ2) is 9.34. The summed E-state index contributed by atoms with van der Waals surface area (Å²) in [6.45, 7) is -0.357. The summed E-state index contributed by atoms with van der Waals surface area (Å²) in [6.07, 6.45) is 0. The summed E-state index contributed by atoms with van der Waals surface area (Å²) in [6, 6.07) is 12.0. The van der Waals surface area contributed by atoms with Gasteiger partial charge in [0.05, 0.1) is 30.6 Å². The summed E-state index contributed by atoms with van der Waals surface area (Å²) in [5.74, 6) is 0.158. The van der Waals surface area contributed by atoms with Crippen LogP contribution in [-0.2, 0) is 9.53 Å². The Labute approximate surface area is 155 Å². The molecule has 0 aliphatic heterocycles. The first-order valence-electron chi connectivity index (χ1n) is 7.33. The molecule has 0 heterocycles. The van der Waals surface area contributed by atoms with Crippen molar-refractivity contribution in [1.29, 1.82) is 0 Å². The van der Waals surface area contributed by atoms with Crippen molar-refractivity contribution in [2.24, 2.45) is 0 Å². The zero-order valence-corrected chi connectivity index (χ0v) is 15.4. The SMILES string of the molecule is COc1ccc(C(=O)COC(=O)CSc2ccccc2Cl)c(OC)c1. The summed E-state index contributed by atoms with van der Waals surface area (Å²) in [5.41, 5.74) is 0.329. The van der Waals surface area contributed by atoms with E-state index in [1.807, 2.05) is 18.2 Å². The van der Waals surface area contributed by atoms with Crippen LogP contribution in [0.5, 0.6) is 11.5 Å². The van der Waals surface area contributed by atoms with E-state index in [0.717, 1.165) is 4.90 Å². The first kappa shape index (κ1) is 19.1. The Morgan fingerprint density at radius 1 is 1.08 bits per heavy atom. The highest BCUT2D eigenvalue weighted by molar-refractivity contribution is 8.00. The number of carbonyl (C=O) groups is 2. The van der Waals surface area contributed by atoms with Crippen LogP contribution >= 0.6 is 23.4 Å². The minimum atomic E-state index is -0.495. The number of Topliss-reactive ketones (excluding diaryl/α,β-unsaturated/α-hetero) is 1. The van der Waals surface area contributed by atoms with Gasteiger partial charge in [-0.2, -0.15) is 0 Å². The van der Waals surface area contributed by atoms with Gasteiger partial charge in [-0.1, -0.05) is 23.7 Å². The molecular weight excluding hydrogens is 364 g/mol. The van der Waals surface area contributed by atoms with Crippen LogP contribution in [-0.4, -0.2) is 38.3 Å². The number of carbonyl (C=O) groups excluding carboxylic acids is 2. The van der Waals surface area contributed by atoms with Crippen LogP contribution in [0.15, 0.2) is 47.4 Å². The fourth-order valence-corrected chi connectivity index (χ4v) is 3.03. The van der Waals surface area contributed by atoms with Crippen LogP contribution in [0.1, 0.15) is 10.4 Å². The molecule has 0 atom stereocenters. The van der Waals surface area contributed by atoms with Gasteiger partial charge in [0, 0.05) is 11.0 Å². The fourth-order valence-electron chi connectivity index (χ4n) is 1.99. The highest BCUT2D eigenvalue weighted by Gasteiger charge is 2.16. The summed E-state index contributed by atoms with van der Waals surface area (Å²) >= 11 is 7.28. The Kier molecular flexibility index (Phi) is 7.16. The topological polar surface area (TPSA) is 61.8 Å². The first-order chi connectivity index (χ1) is 12.0. The maximum atomic E-state index is 12.2. The Morgan fingerprint density at radius 3 is 2.52 bits per heavy atom. The van der Waals surface area contributed by atoms with Crippen molar-refractivity contribution in [2.45, 2.75) is 4.90 Å². The lowest BCUT2D eigenvalue weighted by atomic mass is 10.1. The number of ketones is 1. The average molecular weight is 381 g/mol. The van der Waals surface area contributed by atoms with Gasteiger partial charge in [-0.25, -0.2) is 0 Å². The van der Waals surface area contributed by atoms with Crippen molar-refractivity contribution in [1.82, 2.24) is 0 Å². The number of halogens is 1. The predicted molar refractivity (Wildman–Crippen MR) is 97.0 cm³/mol. The lowest BCUT2D eigenvalue weighted by Gasteiger charge is -2.10. The molecule has 0 unspecified atom stereocenters. The molecule has 2 aromatic rings. The Hall–Kier alpha value is -2.18. The molecular formula is C18H17ClO5S. The Morgan fingerprint density at radius 2 is 1.84 bits per heavy atom. The molecule has 7 heteroatoms. The molecule has 25 heavy (non-hydrogen) atoms. The van der Waals surface area contributed by atoms with E-state index in [2.05, 4.69) is 0 Å². The number of hydrogen-bond donors (Lipinski definition) is 0. The van der Waals surface area contributed by atoms with Gasteiger partial charge in [0.25, 0.3) is 0 Å². The van der Waals surface area contributed by atoms with Gasteiger partial charge in [0.1, 0.15) is 11.5 Å². The predicted octanol–water partition coefficient (Wildman–Crippen LogP) is 3.88. The lowest BCUT2D eigenvalue weighted by Crippen LogP contribution is -2.16. The monoisotopic (exact) mass is 380 g/mol. The van der Waals surface area contributed by atoms with E-state index in [4.69, 9.17) is 25.8 Å². The van der Waals surface area contributed by atoms with Crippen LogP contribution < -0.4 is 9.47 Å². The second-order valence-electron chi connectivity index (χ2n) is 4.87. The third-order valence-electron chi connectivity index (χ3n) is 3.26. The van der Waals surface area contributed by atoms with Crippen molar-refractivity contribution in [3.8, 4) is 11.5 Å². The molecule has 2 rings (SSSR count). The minimum Gasteiger partial charge on any atom is -0.497 e. The minimum absolute atomic E-state index is 0.0662. The molecule has 0 aliphatic rings. The number of esters is 1. The van der Waals surface area contributed by atoms with Crippen molar-refractivity contribution >= 4 is 35.1 Å². The quantitative estimate of drug-likeness (QED) is 0.393. The second-order valence-corrected chi connectivity index (χ2v) is 6.29. The maximum Gasteiger partial charge on any atom is 0.316 e. The molecule has 0 fully saturated rings. The van der Waals surface area contributed by atoms with Crippen molar-refractivity contribution in [2.75, 3.05) is 26.6 Å². The van der Waals surface area contributed by atoms with Crippen LogP contribution in [0, 0.1) is 0 Å².